The number of methoxy groups -OCH3 is 3. The standard InChI is InChI=1S/C25H33N5O6S/c1-16(23(31)17-10-6-5-7-11-17)37(32,33)29-25-28-27-24(18-12-8-15-21(26-18)36-4)30(25)22-19(34-2)13-9-14-20(22)35-3/h8-9,12-17,23,31H,5-7,10-11H2,1-4H3,(H,28,29)/t16-,23-/m1/s1. The molecule has 1 saturated carbocycles. The minimum absolute atomic E-state index is 0.0657. The van der Waals surface area contributed by atoms with Crippen molar-refractivity contribution in [3.05, 3.63) is 36.4 Å². The second-order valence-electron chi connectivity index (χ2n) is 9.00. The number of ether oxygens (including phenoxy) is 3. The molecule has 1 aliphatic rings. The smallest absolute Gasteiger partial charge is 0.243 e. The van der Waals surface area contributed by atoms with Crippen LogP contribution in [-0.2, 0) is 10.0 Å². The lowest BCUT2D eigenvalue weighted by atomic mass is 9.84. The van der Waals surface area contributed by atoms with Gasteiger partial charge in [0.25, 0.3) is 0 Å². The predicted octanol–water partition coefficient (Wildman–Crippen LogP) is 3.43. The molecule has 0 saturated heterocycles. The van der Waals surface area contributed by atoms with Crippen LogP contribution < -0.4 is 18.9 Å². The van der Waals surface area contributed by atoms with E-state index in [1.807, 2.05) is 0 Å². The highest BCUT2D eigenvalue weighted by Crippen LogP contribution is 2.38. The SMILES string of the molecule is COc1cccc(-c2nnc(NS(=O)(=O)[C@H](C)[C@@H](O)C3CCCCC3)n2-c2c(OC)cccc2OC)n1. The molecule has 0 aliphatic heterocycles. The van der Waals surface area contributed by atoms with Gasteiger partial charge in [0.2, 0.25) is 21.9 Å². The van der Waals surface area contributed by atoms with Crippen LogP contribution in [0.4, 0.5) is 5.95 Å². The molecule has 0 bridgehead atoms. The molecular formula is C25H33N5O6S. The number of aromatic nitrogens is 4. The number of benzene rings is 1. The van der Waals surface area contributed by atoms with E-state index in [0.29, 0.717) is 28.8 Å². The molecule has 2 atom stereocenters. The molecule has 1 aromatic carbocycles. The molecule has 4 rings (SSSR count). The fraction of sp³-hybridized carbons (Fsp3) is 0.480. The third-order valence-corrected chi connectivity index (χ3v) is 8.51. The van der Waals surface area contributed by atoms with Gasteiger partial charge in [-0.3, -0.25) is 9.29 Å². The van der Waals surface area contributed by atoms with Crippen molar-refractivity contribution in [3.63, 3.8) is 0 Å². The van der Waals surface area contributed by atoms with Gasteiger partial charge in [0.15, 0.2) is 5.82 Å². The Morgan fingerprint density at radius 2 is 1.62 bits per heavy atom. The van der Waals surface area contributed by atoms with Gasteiger partial charge in [0, 0.05) is 6.07 Å². The minimum atomic E-state index is -4.06. The highest BCUT2D eigenvalue weighted by atomic mass is 32.2. The zero-order valence-corrected chi connectivity index (χ0v) is 22.2. The fourth-order valence-electron chi connectivity index (χ4n) is 4.70. The van der Waals surface area contributed by atoms with Crippen LogP contribution in [-0.4, -0.2) is 66.0 Å². The summed E-state index contributed by atoms with van der Waals surface area (Å²) in [7, 11) is 0.433. The Morgan fingerprint density at radius 3 is 2.24 bits per heavy atom. The maximum absolute atomic E-state index is 13.5. The van der Waals surface area contributed by atoms with E-state index in [1.54, 1.807) is 36.4 Å². The van der Waals surface area contributed by atoms with Crippen molar-refractivity contribution < 1.29 is 27.7 Å². The molecule has 0 amide bonds. The molecule has 1 aliphatic carbocycles. The Balaban J connectivity index is 1.81. The summed E-state index contributed by atoms with van der Waals surface area (Å²) in [6.45, 7) is 1.51. The zero-order valence-electron chi connectivity index (χ0n) is 21.4. The van der Waals surface area contributed by atoms with Crippen molar-refractivity contribution in [3.8, 4) is 34.6 Å². The predicted molar refractivity (Wildman–Crippen MR) is 139 cm³/mol. The normalized spacial score (nSPS) is 16.1. The number of anilines is 1. The van der Waals surface area contributed by atoms with Gasteiger partial charge in [-0.1, -0.05) is 31.4 Å². The van der Waals surface area contributed by atoms with Gasteiger partial charge in [-0.15, -0.1) is 10.2 Å². The molecule has 2 heterocycles. The first-order valence-corrected chi connectivity index (χ1v) is 13.7. The summed E-state index contributed by atoms with van der Waals surface area (Å²) in [6, 6.07) is 10.3. The highest BCUT2D eigenvalue weighted by Gasteiger charge is 2.36. The number of rotatable bonds is 10. The first-order chi connectivity index (χ1) is 17.8. The largest absolute Gasteiger partial charge is 0.494 e. The van der Waals surface area contributed by atoms with Crippen LogP contribution in [0.2, 0.25) is 0 Å². The monoisotopic (exact) mass is 531 g/mol. The van der Waals surface area contributed by atoms with E-state index in [9.17, 15) is 13.5 Å². The number of aliphatic hydroxyl groups is 1. The number of hydrogen-bond acceptors (Lipinski definition) is 9. The van der Waals surface area contributed by atoms with Crippen LogP contribution in [0.5, 0.6) is 17.4 Å². The summed E-state index contributed by atoms with van der Waals surface area (Å²) in [5.74, 6) is 1.23. The first-order valence-electron chi connectivity index (χ1n) is 12.2. The van der Waals surface area contributed by atoms with Crippen LogP contribution in [0.1, 0.15) is 39.0 Å². The molecule has 0 spiro atoms. The Labute approximate surface area is 216 Å². The molecule has 200 valence electrons. The lowest BCUT2D eigenvalue weighted by molar-refractivity contribution is 0.0841. The van der Waals surface area contributed by atoms with E-state index in [-0.39, 0.29) is 17.7 Å². The molecule has 11 nitrogen and oxygen atoms in total. The Morgan fingerprint density at radius 1 is 0.973 bits per heavy atom. The average molecular weight is 532 g/mol. The van der Waals surface area contributed by atoms with Gasteiger partial charge >= 0.3 is 0 Å². The Hall–Kier alpha value is -3.38. The van der Waals surface area contributed by atoms with Crippen molar-refractivity contribution in [2.45, 2.75) is 50.4 Å². The van der Waals surface area contributed by atoms with E-state index < -0.39 is 21.4 Å². The van der Waals surface area contributed by atoms with Gasteiger partial charge in [-0.2, -0.15) is 0 Å². The molecule has 1 fully saturated rings. The van der Waals surface area contributed by atoms with Gasteiger partial charge in [-0.05, 0) is 43.9 Å². The summed E-state index contributed by atoms with van der Waals surface area (Å²) in [4.78, 5) is 4.45. The molecular weight excluding hydrogens is 498 g/mol. The lowest BCUT2D eigenvalue weighted by Gasteiger charge is -2.30. The molecule has 2 N–H and O–H groups in total. The van der Waals surface area contributed by atoms with Gasteiger partial charge < -0.3 is 19.3 Å². The Kier molecular flexibility index (Phi) is 8.18. The number of hydrogen-bond donors (Lipinski definition) is 2. The summed E-state index contributed by atoms with van der Waals surface area (Å²) in [6.07, 6.45) is 3.69. The van der Waals surface area contributed by atoms with E-state index in [4.69, 9.17) is 14.2 Å². The van der Waals surface area contributed by atoms with Gasteiger partial charge in [0.1, 0.15) is 28.1 Å². The maximum Gasteiger partial charge on any atom is 0.243 e. The minimum Gasteiger partial charge on any atom is -0.494 e. The van der Waals surface area contributed by atoms with Crippen LogP contribution in [0, 0.1) is 5.92 Å². The average Bonchev–Trinajstić information content (AvgIpc) is 3.34. The summed E-state index contributed by atoms with van der Waals surface area (Å²) < 4.78 is 47.4. The van der Waals surface area contributed by atoms with E-state index in [1.165, 1.54) is 32.8 Å². The molecule has 0 radical (unpaired) electrons. The van der Waals surface area contributed by atoms with E-state index in [0.717, 1.165) is 32.1 Å². The molecule has 37 heavy (non-hydrogen) atoms. The number of aliphatic hydroxyl groups excluding tert-OH is 1. The number of sulfonamides is 1. The maximum atomic E-state index is 13.5. The molecule has 12 heteroatoms. The summed E-state index contributed by atoms with van der Waals surface area (Å²) in [5.41, 5.74) is 0.774. The number of nitrogens with one attached hydrogen (secondary N) is 1. The van der Waals surface area contributed by atoms with Crippen LogP contribution in [0.25, 0.3) is 17.2 Å². The van der Waals surface area contributed by atoms with Crippen molar-refractivity contribution in [1.82, 2.24) is 19.7 Å². The summed E-state index contributed by atoms with van der Waals surface area (Å²) in [5, 5.41) is 18.3. The highest BCUT2D eigenvalue weighted by molar-refractivity contribution is 7.93. The Bertz CT molecular complexity index is 1300. The van der Waals surface area contributed by atoms with Crippen molar-refractivity contribution in [2.24, 2.45) is 5.92 Å². The quantitative estimate of drug-likeness (QED) is 0.403. The van der Waals surface area contributed by atoms with Gasteiger partial charge in [-0.25, -0.2) is 13.4 Å². The third-order valence-electron chi connectivity index (χ3n) is 6.79. The topological polar surface area (TPSA) is 138 Å². The van der Waals surface area contributed by atoms with Crippen LogP contribution in [0.3, 0.4) is 0 Å². The second kappa shape index (κ2) is 11.3. The van der Waals surface area contributed by atoms with E-state index in [2.05, 4.69) is 19.9 Å². The number of pyridine rings is 1. The van der Waals surface area contributed by atoms with Crippen molar-refractivity contribution in [2.75, 3.05) is 26.1 Å². The fourth-order valence-corrected chi connectivity index (χ4v) is 5.86. The lowest BCUT2D eigenvalue weighted by Crippen LogP contribution is -2.41. The van der Waals surface area contributed by atoms with Crippen LogP contribution in [0.15, 0.2) is 36.4 Å². The second-order valence-corrected chi connectivity index (χ2v) is 11.0. The number of para-hydroxylation sites is 1. The zero-order chi connectivity index (χ0) is 26.6. The number of nitrogens with zero attached hydrogens (tertiary/aromatic N) is 4. The molecule has 2 aromatic heterocycles. The molecule has 3 aromatic rings. The van der Waals surface area contributed by atoms with Crippen LogP contribution >= 0.6 is 0 Å². The van der Waals surface area contributed by atoms with E-state index >= 15 is 0 Å². The third kappa shape index (κ3) is 5.49. The first kappa shape index (κ1) is 26.7. The summed E-state index contributed by atoms with van der Waals surface area (Å²) >= 11 is 0. The molecule has 0 unspecified atom stereocenters. The van der Waals surface area contributed by atoms with Crippen molar-refractivity contribution >= 4 is 16.0 Å². The van der Waals surface area contributed by atoms with Crippen molar-refractivity contribution in [1.29, 1.82) is 0 Å². The van der Waals surface area contributed by atoms with Gasteiger partial charge in [0.05, 0.1) is 27.4 Å².